The molecule has 0 aliphatic rings. The molecule has 0 saturated heterocycles. The van der Waals surface area contributed by atoms with E-state index in [2.05, 4.69) is 4.98 Å². The van der Waals surface area contributed by atoms with Crippen molar-refractivity contribution in [2.45, 2.75) is 12.8 Å². The van der Waals surface area contributed by atoms with E-state index < -0.39 is 5.97 Å². The first-order chi connectivity index (χ1) is 6.20. The number of carbonyl (C=O) groups is 2. The zero-order valence-electron chi connectivity index (χ0n) is 6.93. The summed E-state index contributed by atoms with van der Waals surface area (Å²) >= 11 is 0. The number of aromatic nitrogens is 1. The number of carbonyl (C=O) groups excluding carboxylic acids is 1. The average Bonchev–Trinajstić information content (AvgIpc) is 2.15. The van der Waals surface area contributed by atoms with Gasteiger partial charge >= 0.3 is 5.97 Å². The number of Topliss-reactive ketones (excluding diaryl/α,β-unsaturated/α-hetero) is 1. The molecule has 68 valence electrons. The summed E-state index contributed by atoms with van der Waals surface area (Å²) < 4.78 is 0. The second kappa shape index (κ2) is 4.35. The monoisotopic (exact) mass is 181 g/mol. The molecular weight excluding hydrogens is 172 g/mol. The highest BCUT2D eigenvalue weighted by Gasteiger charge is 2.07. The standard InChI is InChI=1S/C9H9NO3/c11-8(3-4-9(12)13)7-2-1-5-10-6-7/h1-2,5-6H,3-4H2,(H,12,13)/i8+2. The summed E-state index contributed by atoms with van der Waals surface area (Å²) in [5.41, 5.74) is 0.462. The lowest BCUT2D eigenvalue weighted by Crippen LogP contribution is -2.03. The van der Waals surface area contributed by atoms with E-state index in [0.717, 1.165) is 0 Å². The highest BCUT2D eigenvalue weighted by molar-refractivity contribution is 5.97. The molecule has 1 aromatic heterocycles. The summed E-state index contributed by atoms with van der Waals surface area (Å²) in [5.74, 6) is -1.15. The Morgan fingerprint density at radius 2 is 2.38 bits per heavy atom. The van der Waals surface area contributed by atoms with E-state index in [-0.39, 0.29) is 18.6 Å². The quantitative estimate of drug-likeness (QED) is 0.707. The molecule has 0 radical (unpaired) electrons. The van der Waals surface area contributed by atoms with Crippen LogP contribution in [0.15, 0.2) is 24.5 Å². The SMILES string of the molecule is O=C(O)CC[14C](=O)c1cccnc1. The Hall–Kier alpha value is -1.71. The van der Waals surface area contributed by atoms with Gasteiger partial charge in [0.1, 0.15) is 0 Å². The number of hydrogen-bond acceptors (Lipinski definition) is 3. The molecule has 1 heterocycles. The highest BCUT2D eigenvalue weighted by atomic mass is 16.4. The number of hydrogen-bond donors (Lipinski definition) is 1. The van der Waals surface area contributed by atoms with E-state index >= 15 is 0 Å². The summed E-state index contributed by atoms with van der Waals surface area (Å²) in [5, 5.41) is 8.34. The summed E-state index contributed by atoms with van der Waals surface area (Å²) in [4.78, 5) is 25.2. The van der Waals surface area contributed by atoms with Crippen molar-refractivity contribution in [3.63, 3.8) is 0 Å². The number of carboxylic acids is 1. The van der Waals surface area contributed by atoms with Crippen molar-refractivity contribution in [2.75, 3.05) is 0 Å². The first kappa shape index (κ1) is 9.38. The Labute approximate surface area is 75.2 Å². The van der Waals surface area contributed by atoms with Gasteiger partial charge in [0.05, 0.1) is 6.42 Å². The van der Waals surface area contributed by atoms with Crippen molar-refractivity contribution in [1.29, 1.82) is 0 Å². The largest absolute Gasteiger partial charge is 0.481 e. The van der Waals surface area contributed by atoms with E-state index in [4.69, 9.17) is 5.11 Å². The van der Waals surface area contributed by atoms with Crippen LogP contribution in [0.3, 0.4) is 0 Å². The predicted octanol–water partition coefficient (Wildman–Crippen LogP) is 1.13. The van der Waals surface area contributed by atoms with Gasteiger partial charge in [0, 0.05) is 24.4 Å². The molecule has 4 heteroatoms. The Morgan fingerprint density at radius 1 is 1.62 bits per heavy atom. The molecule has 1 N–H and O–H groups in total. The van der Waals surface area contributed by atoms with Gasteiger partial charge < -0.3 is 5.11 Å². The number of ketones is 1. The topological polar surface area (TPSA) is 67.3 Å². The van der Waals surface area contributed by atoms with Gasteiger partial charge in [-0.2, -0.15) is 0 Å². The van der Waals surface area contributed by atoms with Crippen LogP contribution in [0.4, 0.5) is 0 Å². The normalized spacial score (nSPS) is 9.54. The molecule has 0 bridgehead atoms. The van der Waals surface area contributed by atoms with Crippen LogP contribution in [0.1, 0.15) is 23.2 Å². The molecule has 0 aliphatic carbocycles. The molecule has 0 fully saturated rings. The van der Waals surface area contributed by atoms with Gasteiger partial charge in [-0.05, 0) is 12.1 Å². The lowest BCUT2D eigenvalue weighted by molar-refractivity contribution is -0.136. The minimum atomic E-state index is -0.961. The smallest absolute Gasteiger partial charge is 0.303 e. The zero-order chi connectivity index (χ0) is 9.68. The Bertz CT molecular complexity index is 308. The van der Waals surface area contributed by atoms with Gasteiger partial charge in [-0.1, -0.05) is 0 Å². The first-order valence-corrected chi connectivity index (χ1v) is 3.85. The summed E-state index contributed by atoms with van der Waals surface area (Å²) in [6, 6.07) is 3.27. The van der Waals surface area contributed by atoms with E-state index in [0.29, 0.717) is 5.56 Å². The Balaban J connectivity index is 2.54. The van der Waals surface area contributed by atoms with Gasteiger partial charge in [0.25, 0.3) is 0 Å². The summed E-state index contributed by atoms with van der Waals surface area (Å²) in [6.45, 7) is 0. The third kappa shape index (κ3) is 3.02. The molecule has 1 rings (SSSR count). The fraction of sp³-hybridized carbons (Fsp3) is 0.222. The molecule has 13 heavy (non-hydrogen) atoms. The van der Waals surface area contributed by atoms with Crippen molar-refractivity contribution >= 4 is 11.8 Å². The third-order valence-electron chi connectivity index (χ3n) is 1.55. The van der Waals surface area contributed by atoms with Crippen LogP contribution in [0.5, 0.6) is 0 Å². The average molecular weight is 181 g/mol. The predicted molar refractivity (Wildman–Crippen MR) is 45.4 cm³/mol. The van der Waals surface area contributed by atoms with Crippen LogP contribution < -0.4 is 0 Å². The molecule has 0 spiro atoms. The molecule has 0 unspecified atom stereocenters. The molecule has 0 amide bonds. The van der Waals surface area contributed by atoms with Crippen molar-refractivity contribution in [1.82, 2.24) is 4.98 Å². The lowest BCUT2D eigenvalue weighted by Gasteiger charge is -1.96. The van der Waals surface area contributed by atoms with E-state index in [1.54, 1.807) is 18.3 Å². The second-order valence-corrected chi connectivity index (χ2v) is 2.56. The molecule has 0 aliphatic heterocycles. The summed E-state index contributed by atoms with van der Waals surface area (Å²) in [7, 11) is 0. The maximum atomic E-state index is 11.2. The van der Waals surface area contributed by atoms with E-state index in [9.17, 15) is 9.59 Å². The number of pyridine rings is 1. The van der Waals surface area contributed by atoms with Crippen LogP contribution >= 0.6 is 0 Å². The molecule has 0 atom stereocenters. The van der Waals surface area contributed by atoms with Crippen molar-refractivity contribution in [2.24, 2.45) is 0 Å². The second-order valence-electron chi connectivity index (χ2n) is 2.56. The molecule has 0 aromatic carbocycles. The van der Waals surface area contributed by atoms with Gasteiger partial charge in [-0.3, -0.25) is 14.6 Å². The van der Waals surface area contributed by atoms with Crippen LogP contribution in [-0.2, 0) is 4.79 Å². The fourth-order valence-electron chi connectivity index (χ4n) is 0.893. The number of nitrogens with zero attached hydrogens (tertiary/aromatic N) is 1. The van der Waals surface area contributed by atoms with Gasteiger partial charge in [0.2, 0.25) is 0 Å². The van der Waals surface area contributed by atoms with Crippen LogP contribution in [0.25, 0.3) is 0 Å². The first-order valence-electron chi connectivity index (χ1n) is 3.85. The highest BCUT2D eigenvalue weighted by Crippen LogP contribution is 2.02. The Kier molecular flexibility index (Phi) is 3.14. The van der Waals surface area contributed by atoms with E-state index in [1.807, 2.05) is 0 Å². The van der Waals surface area contributed by atoms with E-state index in [1.165, 1.54) is 6.20 Å². The maximum absolute atomic E-state index is 11.2. The fourth-order valence-corrected chi connectivity index (χ4v) is 0.893. The van der Waals surface area contributed by atoms with Gasteiger partial charge in [-0.15, -0.1) is 0 Å². The van der Waals surface area contributed by atoms with Gasteiger partial charge in [-0.25, -0.2) is 0 Å². The minimum Gasteiger partial charge on any atom is -0.481 e. The number of carboxylic acid groups (broad SMARTS) is 1. The molecule has 1 aromatic rings. The molecular formula is C9H9NO3. The molecule has 0 saturated carbocycles. The van der Waals surface area contributed by atoms with Crippen LogP contribution in [-0.4, -0.2) is 21.8 Å². The number of aliphatic carboxylic acids is 1. The Morgan fingerprint density at radius 3 is 2.92 bits per heavy atom. The van der Waals surface area contributed by atoms with Crippen molar-refractivity contribution in [3.8, 4) is 0 Å². The van der Waals surface area contributed by atoms with Crippen LogP contribution in [0, 0.1) is 0 Å². The lowest BCUT2D eigenvalue weighted by atomic mass is 10.4. The minimum absolute atomic E-state index is 0.0288. The summed E-state index contributed by atoms with van der Waals surface area (Å²) in [6.07, 6.45) is 2.90. The third-order valence-corrected chi connectivity index (χ3v) is 1.55. The number of rotatable bonds is 4. The maximum Gasteiger partial charge on any atom is 0.303 e. The van der Waals surface area contributed by atoms with Crippen molar-refractivity contribution < 1.29 is 14.7 Å². The zero-order valence-corrected chi connectivity index (χ0v) is 6.93. The molecule has 4 nitrogen and oxygen atoms in total. The van der Waals surface area contributed by atoms with Crippen molar-refractivity contribution in [3.05, 3.63) is 30.1 Å². The van der Waals surface area contributed by atoms with Gasteiger partial charge in [0.15, 0.2) is 5.78 Å². The van der Waals surface area contributed by atoms with Crippen LogP contribution in [0.2, 0.25) is 0 Å².